The molecule has 128 valence electrons. The fourth-order valence-electron chi connectivity index (χ4n) is 1.84. The second-order valence-corrected chi connectivity index (χ2v) is 4.57. The molecule has 0 unspecified atom stereocenters. The van der Waals surface area contributed by atoms with E-state index in [0.717, 1.165) is 16.8 Å². The molecule has 2 rings (SSSR count). The molecule has 0 spiro atoms. The molecular weight excluding hydrogens is 337 g/mol. The maximum absolute atomic E-state index is 12.6. The van der Waals surface area contributed by atoms with Crippen LogP contribution in [-0.2, 0) is 19.8 Å². The minimum Gasteiger partial charge on any atom is -0.476 e. The molecule has 0 saturated carbocycles. The van der Waals surface area contributed by atoms with Gasteiger partial charge in [0.1, 0.15) is 6.20 Å². The van der Waals surface area contributed by atoms with Gasteiger partial charge in [-0.3, -0.25) is 10.1 Å². The van der Waals surface area contributed by atoms with Crippen LogP contribution in [-0.4, -0.2) is 19.4 Å². The van der Waals surface area contributed by atoms with Gasteiger partial charge in [0.05, 0.1) is 17.5 Å². The molecule has 0 aliphatic heterocycles. The normalized spacial score (nSPS) is 11.3. The smallest absolute Gasteiger partial charge is 0.416 e. The maximum Gasteiger partial charge on any atom is 0.416 e. The quantitative estimate of drug-likeness (QED) is 0.607. The minimum absolute atomic E-state index is 0.0795. The Morgan fingerprint density at radius 3 is 2.42 bits per heavy atom. The van der Waals surface area contributed by atoms with Crippen molar-refractivity contribution in [2.75, 3.05) is 0 Å². The number of halogens is 3. The van der Waals surface area contributed by atoms with Crippen LogP contribution in [0, 0.1) is 20.2 Å². The topological polar surface area (TPSA) is 113 Å². The standard InChI is InChI=1S/C12H9F3N4O5/c1-17-10(16-5-11(17)19(22)23)6-24-9-3-2-7(12(13,14)15)4-8(9)18(20)21/h2-5H,6H2,1H3. The fourth-order valence-corrected chi connectivity index (χ4v) is 1.84. The lowest BCUT2D eigenvalue weighted by atomic mass is 10.2. The number of nitrogens with zero attached hydrogens (tertiary/aromatic N) is 4. The van der Waals surface area contributed by atoms with Crippen molar-refractivity contribution in [3.8, 4) is 5.75 Å². The molecule has 0 N–H and O–H groups in total. The average molecular weight is 346 g/mol. The van der Waals surface area contributed by atoms with Crippen molar-refractivity contribution in [1.29, 1.82) is 0 Å². The number of hydrogen-bond donors (Lipinski definition) is 0. The highest BCUT2D eigenvalue weighted by atomic mass is 19.4. The summed E-state index contributed by atoms with van der Waals surface area (Å²) in [6, 6.07) is 1.82. The van der Waals surface area contributed by atoms with Crippen molar-refractivity contribution >= 4 is 11.5 Å². The van der Waals surface area contributed by atoms with E-state index in [4.69, 9.17) is 4.74 Å². The van der Waals surface area contributed by atoms with Gasteiger partial charge in [0.25, 0.3) is 0 Å². The number of hydrogen-bond acceptors (Lipinski definition) is 6. The van der Waals surface area contributed by atoms with Gasteiger partial charge in [-0.05, 0) is 17.1 Å². The van der Waals surface area contributed by atoms with Gasteiger partial charge in [0.15, 0.2) is 12.4 Å². The third kappa shape index (κ3) is 3.42. The first-order valence-electron chi connectivity index (χ1n) is 6.24. The number of rotatable bonds is 5. The predicted octanol–water partition coefficient (Wildman–Crippen LogP) is 2.83. The molecule has 0 amide bonds. The first kappa shape index (κ1) is 17.2. The molecule has 2 aromatic rings. The van der Waals surface area contributed by atoms with Crippen molar-refractivity contribution in [1.82, 2.24) is 9.55 Å². The molecule has 0 aliphatic carbocycles. The summed E-state index contributed by atoms with van der Waals surface area (Å²) in [4.78, 5) is 23.7. The van der Waals surface area contributed by atoms with E-state index >= 15 is 0 Å². The summed E-state index contributed by atoms with van der Waals surface area (Å²) >= 11 is 0. The molecule has 1 aromatic heterocycles. The monoisotopic (exact) mass is 346 g/mol. The van der Waals surface area contributed by atoms with Crippen LogP contribution in [0.15, 0.2) is 24.4 Å². The third-order valence-electron chi connectivity index (χ3n) is 3.09. The van der Waals surface area contributed by atoms with E-state index in [0.29, 0.717) is 12.1 Å². The van der Waals surface area contributed by atoms with E-state index in [1.807, 2.05) is 0 Å². The summed E-state index contributed by atoms with van der Waals surface area (Å²) < 4.78 is 44.0. The summed E-state index contributed by atoms with van der Waals surface area (Å²) in [6.45, 7) is -0.392. The summed E-state index contributed by atoms with van der Waals surface area (Å²) in [5.41, 5.74) is -2.05. The first-order valence-corrected chi connectivity index (χ1v) is 6.24. The Hall–Kier alpha value is -3.18. The molecule has 0 aliphatic rings. The third-order valence-corrected chi connectivity index (χ3v) is 3.09. The molecule has 1 heterocycles. The van der Waals surface area contributed by atoms with E-state index in [9.17, 15) is 33.4 Å². The van der Waals surface area contributed by atoms with Crippen LogP contribution in [0.5, 0.6) is 5.75 Å². The van der Waals surface area contributed by atoms with E-state index < -0.39 is 39.6 Å². The van der Waals surface area contributed by atoms with E-state index in [2.05, 4.69) is 4.98 Å². The molecule has 9 nitrogen and oxygen atoms in total. The second kappa shape index (κ2) is 6.14. The average Bonchev–Trinajstić information content (AvgIpc) is 2.85. The van der Waals surface area contributed by atoms with Crippen LogP contribution in [0.25, 0.3) is 0 Å². The molecule has 0 bridgehead atoms. The summed E-state index contributed by atoms with van der Waals surface area (Å²) in [5, 5.41) is 21.6. The molecule has 0 saturated heterocycles. The van der Waals surface area contributed by atoms with Gasteiger partial charge in [0.2, 0.25) is 5.82 Å². The summed E-state index contributed by atoms with van der Waals surface area (Å²) in [7, 11) is 1.34. The van der Waals surface area contributed by atoms with Gasteiger partial charge < -0.3 is 14.9 Å². The van der Waals surface area contributed by atoms with Crippen molar-refractivity contribution in [3.63, 3.8) is 0 Å². The SMILES string of the molecule is Cn1c([N+](=O)[O-])cnc1COc1ccc(C(F)(F)F)cc1[N+](=O)[O-]. The number of nitro groups is 2. The fraction of sp³-hybridized carbons (Fsp3) is 0.250. The van der Waals surface area contributed by atoms with Crippen molar-refractivity contribution in [3.05, 3.63) is 56.0 Å². The highest BCUT2D eigenvalue weighted by Gasteiger charge is 2.33. The number of aromatic nitrogens is 2. The Morgan fingerprint density at radius 2 is 1.92 bits per heavy atom. The van der Waals surface area contributed by atoms with Crippen LogP contribution in [0.3, 0.4) is 0 Å². The van der Waals surface area contributed by atoms with Crippen LogP contribution in [0.2, 0.25) is 0 Å². The number of benzene rings is 1. The highest BCUT2D eigenvalue weighted by Crippen LogP contribution is 2.36. The van der Waals surface area contributed by atoms with Gasteiger partial charge >= 0.3 is 17.7 Å². The van der Waals surface area contributed by atoms with E-state index in [1.54, 1.807) is 0 Å². The van der Waals surface area contributed by atoms with Crippen LogP contribution < -0.4 is 4.74 Å². The zero-order valence-corrected chi connectivity index (χ0v) is 12.0. The Morgan fingerprint density at radius 1 is 1.25 bits per heavy atom. The lowest BCUT2D eigenvalue weighted by molar-refractivity contribution is -0.391. The Labute approximate surface area is 131 Å². The lowest BCUT2D eigenvalue weighted by Crippen LogP contribution is -2.08. The number of imidazole rings is 1. The Kier molecular flexibility index (Phi) is 4.39. The molecule has 12 heteroatoms. The maximum atomic E-state index is 12.6. The van der Waals surface area contributed by atoms with Crippen LogP contribution >= 0.6 is 0 Å². The molecule has 0 fully saturated rings. The van der Waals surface area contributed by atoms with E-state index in [1.165, 1.54) is 7.05 Å². The highest BCUT2D eigenvalue weighted by molar-refractivity contribution is 5.49. The van der Waals surface area contributed by atoms with E-state index in [-0.39, 0.29) is 11.6 Å². The van der Waals surface area contributed by atoms with Crippen molar-refractivity contribution in [2.45, 2.75) is 12.8 Å². The lowest BCUT2D eigenvalue weighted by Gasteiger charge is -2.09. The second-order valence-electron chi connectivity index (χ2n) is 4.57. The number of ether oxygens (including phenoxy) is 1. The van der Waals surface area contributed by atoms with Crippen LogP contribution in [0.4, 0.5) is 24.7 Å². The van der Waals surface area contributed by atoms with Crippen LogP contribution in [0.1, 0.15) is 11.4 Å². The number of nitro benzene ring substituents is 1. The van der Waals surface area contributed by atoms with Gasteiger partial charge in [-0.25, -0.2) is 9.55 Å². The molecule has 1 aromatic carbocycles. The summed E-state index contributed by atoms with van der Waals surface area (Å²) in [5.74, 6) is -0.648. The zero-order chi connectivity index (χ0) is 18.1. The molecule has 0 atom stereocenters. The Bertz CT molecular complexity index is 802. The van der Waals surface area contributed by atoms with Crippen molar-refractivity contribution in [2.24, 2.45) is 7.05 Å². The van der Waals surface area contributed by atoms with Gasteiger partial charge in [-0.2, -0.15) is 13.2 Å². The van der Waals surface area contributed by atoms with Gasteiger partial charge in [-0.15, -0.1) is 0 Å². The van der Waals surface area contributed by atoms with Crippen molar-refractivity contribution < 1.29 is 27.8 Å². The van der Waals surface area contributed by atoms with Gasteiger partial charge in [0, 0.05) is 6.07 Å². The largest absolute Gasteiger partial charge is 0.476 e. The zero-order valence-electron chi connectivity index (χ0n) is 12.0. The number of alkyl halides is 3. The Balaban J connectivity index is 2.27. The molecule has 0 radical (unpaired) electrons. The molecular formula is C12H9F3N4O5. The predicted molar refractivity (Wildman–Crippen MR) is 72.3 cm³/mol. The first-order chi connectivity index (χ1) is 11.1. The minimum atomic E-state index is -4.73. The summed E-state index contributed by atoms with van der Waals surface area (Å²) in [6.07, 6.45) is -3.76. The molecule has 24 heavy (non-hydrogen) atoms. The van der Waals surface area contributed by atoms with Gasteiger partial charge in [-0.1, -0.05) is 0 Å².